The van der Waals surface area contributed by atoms with Crippen molar-refractivity contribution in [1.82, 2.24) is 15.0 Å². The second kappa shape index (κ2) is 7.13. The molecule has 0 aliphatic rings. The maximum absolute atomic E-state index is 12.0. The van der Waals surface area contributed by atoms with E-state index in [0.717, 1.165) is 28.4 Å². The van der Waals surface area contributed by atoms with Crippen LogP contribution >= 0.6 is 11.3 Å². The summed E-state index contributed by atoms with van der Waals surface area (Å²) >= 11 is 1.51. The molecule has 1 aromatic heterocycles. The number of nitrogens with zero attached hydrogens (tertiary/aromatic N) is 1. The predicted octanol–water partition coefficient (Wildman–Crippen LogP) is 1.79. The molecule has 0 amide bonds. The van der Waals surface area contributed by atoms with Crippen molar-refractivity contribution in [3.8, 4) is 0 Å². The topological polar surface area (TPSA) is 71.1 Å². The molecule has 0 saturated heterocycles. The summed E-state index contributed by atoms with van der Waals surface area (Å²) in [5, 5.41) is 5.86. The van der Waals surface area contributed by atoms with Crippen LogP contribution in [0.5, 0.6) is 0 Å². The monoisotopic (exact) mass is 325 g/mol. The molecule has 0 aliphatic heterocycles. The summed E-state index contributed by atoms with van der Waals surface area (Å²) < 4.78 is 26.7. The zero-order chi connectivity index (χ0) is 15.3. The van der Waals surface area contributed by atoms with Gasteiger partial charge in [0.05, 0.1) is 23.0 Å². The van der Waals surface area contributed by atoms with Gasteiger partial charge in [0.25, 0.3) is 0 Å². The fourth-order valence-corrected chi connectivity index (χ4v) is 3.61. The molecule has 1 aromatic carbocycles. The Hall–Kier alpha value is -1.28. The lowest BCUT2D eigenvalue weighted by Gasteiger charge is -2.06. The van der Waals surface area contributed by atoms with Gasteiger partial charge in [0.1, 0.15) is 0 Å². The van der Waals surface area contributed by atoms with Gasteiger partial charge in [-0.15, -0.1) is 11.3 Å². The number of nitrogens with one attached hydrogen (secondary N) is 2. The first-order chi connectivity index (χ1) is 9.98. The second-order valence-electron chi connectivity index (χ2n) is 4.78. The summed E-state index contributed by atoms with van der Waals surface area (Å²) in [5.41, 5.74) is 2.66. The number of rotatable bonds is 7. The zero-order valence-corrected chi connectivity index (χ0v) is 13.7. The number of hydrogen-bond acceptors (Lipinski definition) is 5. The Morgan fingerprint density at radius 1 is 1.14 bits per heavy atom. The minimum atomic E-state index is -3.35. The molecule has 0 radical (unpaired) electrons. The highest BCUT2D eigenvalue weighted by molar-refractivity contribution is 7.88. The van der Waals surface area contributed by atoms with Crippen molar-refractivity contribution >= 4 is 21.4 Å². The summed E-state index contributed by atoms with van der Waals surface area (Å²) in [6, 6.07) is 7.56. The lowest BCUT2D eigenvalue weighted by molar-refractivity contribution is 0.579. The Balaban J connectivity index is 1.93. The molecule has 0 atom stereocenters. The average Bonchev–Trinajstić information content (AvgIpc) is 2.85. The molecule has 0 saturated carbocycles. The maximum atomic E-state index is 12.0. The molecule has 114 valence electrons. The molecule has 0 fully saturated rings. The van der Waals surface area contributed by atoms with E-state index < -0.39 is 10.0 Å². The maximum Gasteiger partial charge on any atom is 0.216 e. The van der Waals surface area contributed by atoms with E-state index in [9.17, 15) is 8.42 Å². The van der Waals surface area contributed by atoms with Gasteiger partial charge < -0.3 is 5.32 Å². The van der Waals surface area contributed by atoms with Gasteiger partial charge in [-0.2, -0.15) is 0 Å². The number of aromatic nitrogens is 1. The van der Waals surface area contributed by atoms with Crippen LogP contribution in [-0.4, -0.2) is 20.4 Å². The molecule has 0 bridgehead atoms. The predicted molar refractivity (Wildman–Crippen MR) is 85.5 cm³/mol. The molecule has 7 heteroatoms. The number of hydrogen-bond donors (Lipinski definition) is 2. The normalized spacial score (nSPS) is 11.7. The van der Waals surface area contributed by atoms with E-state index in [1.54, 1.807) is 0 Å². The highest BCUT2D eigenvalue weighted by Crippen LogP contribution is 2.10. The van der Waals surface area contributed by atoms with Crippen molar-refractivity contribution in [1.29, 1.82) is 0 Å². The van der Waals surface area contributed by atoms with Crippen molar-refractivity contribution in [2.75, 3.05) is 7.05 Å². The number of benzene rings is 1. The van der Waals surface area contributed by atoms with Crippen LogP contribution in [0.25, 0.3) is 0 Å². The molecular weight excluding hydrogens is 306 g/mol. The molecule has 2 N–H and O–H groups in total. The van der Waals surface area contributed by atoms with Crippen LogP contribution in [0.2, 0.25) is 0 Å². The fourth-order valence-electron chi connectivity index (χ4n) is 1.90. The van der Waals surface area contributed by atoms with E-state index in [1.807, 2.05) is 43.6 Å². The van der Waals surface area contributed by atoms with Crippen LogP contribution in [-0.2, 0) is 28.9 Å². The molecule has 1 heterocycles. The smallest absolute Gasteiger partial charge is 0.216 e. The van der Waals surface area contributed by atoms with Gasteiger partial charge >= 0.3 is 0 Å². The Morgan fingerprint density at radius 3 is 2.38 bits per heavy atom. The van der Waals surface area contributed by atoms with Crippen LogP contribution in [0.15, 0.2) is 29.6 Å². The Labute approximate surface area is 129 Å². The molecule has 0 spiro atoms. The van der Waals surface area contributed by atoms with E-state index >= 15 is 0 Å². The van der Waals surface area contributed by atoms with Gasteiger partial charge in [-0.3, -0.25) is 0 Å². The molecule has 21 heavy (non-hydrogen) atoms. The quantitative estimate of drug-likeness (QED) is 0.814. The number of thiazole rings is 1. The first-order valence-corrected chi connectivity index (χ1v) is 9.12. The summed E-state index contributed by atoms with van der Waals surface area (Å²) in [5.74, 6) is -0.0179. The van der Waals surface area contributed by atoms with Gasteiger partial charge in [0.15, 0.2) is 0 Å². The highest BCUT2D eigenvalue weighted by atomic mass is 32.2. The minimum absolute atomic E-state index is 0.0179. The van der Waals surface area contributed by atoms with Crippen molar-refractivity contribution in [3.05, 3.63) is 51.5 Å². The van der Waals surface area contributed by atoms with Crippen LogP contribution < -0.4 is 10.0 Å². The standard InChI is InChI=1S/C14H19N3O2S2/c1-11-17-14(9-20-11)8-16-21(18,19)10-13-5-3-12(4-6-13)7-15-2/h3-6,9,15-16H,7-8,10H2,1-2H3. The average molecular weight is 325 g/mol. The van der Waals surface area contributed by atoms with Crippen LogP contribution in [0.1, 0.15) is 21.8 Å². The van der Waals surface area contributed by atoms with Crippen molar-refractivity contribution in [2.45, 2.75) is 25.8 Å². The van der Waals surface area contributed by atoms with Crippen LogP contribution in [0.4, 0.5) is 0 Å². The Kier molecular flexibility index (Phi) is 5.46. The molecule has 2 aromatic rings. The summed E-state index contributed by atoms with van der Waals surface area (Å²) in [6.07, 6.45) is 0. The van der Waals surface area contributed by atoms with Gasteiger partial charge in [-0.1, -0.05) is 24.3 Å². The highest BCUT2D eigenvalue weighted by Gasteiger charge is 2.12. The van der Waals surface area contributed by atoms with E-state index in [1.165, 1.54) is 11.3 Å². The number of aryl methyl sites for hydroxylation is 1. The summed E-state index contributed by atoms with van der Waals surface area (Å²) in [7, 11) is -1.47. The first-order valence-electron chi connectivity index (χ1n) is 6.59. The van der Waals surface area contributed by atoms with Crippen molar-refractivity contribution < 1.29 is 8.42 Å². The SMILES string of the molecule is CNCc1ccc(CS(=O)(=O)NCc2csc(C)n2)cc1. The fraction of sp³-hybridized carbons (Fsp3) is 0.357. The third kappa shape index (κ3) is 5.20. The minimum Gasteiger partial charge on any atom is -0.316 e. The number of sulfonamides is 1. The summed E-state index contributed by atoms with van der Waals surface area (Å²) in [4.78, 5) is 4.24. The second-order valence-corrected chi connectivity index (χ2v) is 7.65. The third-order valence-electron chi connectivity index (χ3n) is 2.90. The zero-order valence-electron chi connectivity index (χ0n) is 12.1. The Bertz CT molecular complexity index is 678. The van der Waals surface area contributed by atoms with Crippen LogP contribution in [0.3, 0.4) is 0 Å². The first kappa shape index (κ1) is 16.1. The van der Waals surface area contributed by atoms with Gasteiger partial charge in [-0.25, -0.2) is 18.1 Å². The van der Waals surface area contributed by atoms with Gasteiger partial charge in [0, 0.05) is 11.9 Å². The van der Waals surface area contributed by atoms with Gasteiger partial charge in [0.2, 0.25) is 10.0 Å². The van der Waals surface area contributed by atoms with E-state index in [0.29, 0.717) is 0 Å². The van der Waals surface area contributed by atoms with Gasteiger partial charge in [-0.05, 0) is 25.1 Å². The van der Waals surface area contributed by atoms with Crippen molar-refractivity contribution in [2.24, 2.45) is 0 Å². The Morgan fingerprint density at radius 2 is 1.81 bits per heavy atom. The molecule has 0 unspecified atom stereocenters. The lowest BCUT2D eigenvalue weighted by atomic mass is 10.1. The van der Waals surface area contributed by atoms with E-state index in [4.69, 9.17) is 0 Å². The molecule has 0 aliphatic carbocycles. The third-order valence-corrected chi connectivity index (χ3v) is 5.02. The largest absolute Gasteiger partial charge is 0.316 e. The molecule has 2 rings (SSSR count). The molecular formula is C14H19N3O2S2. The van der Waals surface area contributed by atoms with Crippen LogP contribution in [0, 0.1) is 6.92 Å². The van der Waals surface area contributed by atoms with Crippen molar-refractivity contribution in [3.63, 3.8) is 0 Å². The van der Waals surface area contributed by atoms with E-state index in [-0.39, 0.29) is 12.3 Å². The summed E-state index contributed by atoms with van der Waals surface area (Å²) in [6.45, 7) is 2.91. The lowest BCUT2D eigenvalue weighted by Crippen LogP contribution is -2.24. The molecule has 5 nitrogen and oxygen atoms in total. The van der Waals surface area contributed by atoms with E-state index in [2.05, 4.69) is 15.0 Å².